The molecule has 2 heteroatoms. The van der Waals surface area contributed by atoms with Gasteiger partial charge in [-0.05, 0) is 0 Å². The minimum atomic E-state index is -4.87. The minimum absolute atomic E-state index is 0.437. The van der Waals surface area contributed by atoms with Crippen molar-refractivity contribution in [2.24, 2.45) is 0 Å². The zero-order valence-corrected chi connectivity index (χ0v) is 30.9. The number of aryl methyl sites for hydroxylation is 2. The van der Waals surface area contributed by atoms with Gasteiger partial charge in [-0.1, -0.05) is 0 Å². The van der Waals surface area contributed by atoms with E-state index < -0.39 is 14.2 Å². The quantitative estimate of drug-likeness (QED) is 0.167. The van der Waals surface area contributed by atoms with Gasteiger partial charge in [-0.15, -0.1) is 0 Å². The molecule has 0 heterocycles. The maximum atomic E-state index is 2.82. The van der Waals surface area contributed by atoms with Gasteiger partial charge in [-0.2, -0.15) is 0 Å². The van der Waals surface area contributed by atoms with Crippen molar-refractivity contribution in [3.8, 4) is 22.3 Å². The molecule has 210 valence electrons. The van der Waals surface area contributed by atoms with E-state index in [9.17, 15) is 0 Å². The van der Waals surface area contributed by atoms with E-state index in [-0.39, 0.29) is 0 Å². The predicted octanol–water partition coefficient (Wildman–Crippen LogP) is 11.1. The first-order chi connectivity index (χ1) is 19.3. The molecule has 4 aromatic rings. The van der Waals surface area contributed by atoms with Crippen LogP contribution < -0.4 is 0 Å². The maximum absolute atomic E-state index is 4.87. The molecule has 0 N–H and O–H groups in total. The van der Waals surface area contributed by atoms with Crippen LogP contribution in [-0.2, 0) is 14.2 Å². The van der Waals surface area contributed by atoms with Gasteiger partial charge in [-0.3, -0.25) is 0 Å². The number of hydrogen-bond acceptors (Lipinski definition) is 0. The third-order valence-corrected chi connectivity index (χ3v) is 57.4. The molecule has 0 amide bonds. The Bertz CT molecular complexity index is 1770. The summed E-state index contributed by atoms with van der Waals surface area (Å²) in [6, 6.07) is 32.2. The summed E-state index contributed by atoms with van der Waals surface area (Å²) in [4.78, 5) is 0. The molecule has 0 aliphatic heterocycles. The van der Waals surface area contributed by atoms with Crippen LogP contribution in [0.1, 0.15) is 60.5 Å². The third-order valence-electron chi connectivity index (χ3n) is 11.4. The van der Waals surface area contributed by atoms with Crippen LogP contribution in [0, 0.1) is 13.8 Å². The number of rotatable bonds is 7. The van der Waals surface area contributed by atoms with Gasteiger partial charge in [0.05, 0.1) is 0 Å². The fourth-order valence-electron chi connectivity index (χ4n) is 8.86. The molecule has 2 atom stereocenters. The van der Waals surface area contributed by atoms with Crippen LogP contribution >= 0.6 is 0 Å². The zero-order valence-electron chi connectivity index (χ0n) is 25.9. The number of fused-ring (bicyclic) bond motifs is 2. The van der Waals surface area contributed by atoms with Crippen molar-refractivity contribution in [1.29, 1.82) is 0 Å². The third kappa shape index (κ3) is 4.40. The van der Waals surface area contributed by atoms with E-state index in [2.05, 4.69) is 151 Å². The molecular weight excluding hydrogens is 675 g/mol. The van der Waals surface area contributed by atoms with Gasteiger partial charge in [0.1, 0.15) is 0 Å². The van der Waals surface area contributed by atoms with E-state index in [1.807, 2.05) is 0 Å². The molecule has 0 fully saturated rings. The molecule has 2 aliphatic rings. The summed E-state index contributed by atoms with van der Waals surface area (Å²) in [5.74, 6) is 0. The Kier molecular flexibility index (Phi) is 6.09. The normalized spacial score (nSPS) is 20.1. The van der Waals surface area contributed by atoms with Crippen LogP contribution in [0.4, 0.5) is 0 Å². The van der Waals surface area contributed by atoms with Gasteiger partial charge in [0, 0.05) is 0 Å². The summed E-state index contributed by atoms with van der Waals surface area (Å²) in [5.41, 5.74) is 14.0. The van der Waals surface area contributed by atoms with Gasteiger partial charge in [0.2, 0.25) is 0 Å². The number of allylic oxidation sites excluding steroid dienone is 2. The molecule has 0 spiro atoms. The Hall–Kier alpha value is -2.55. The first-order valence-electron chi connectivity index (χ1n) is 15.6. The average Bonchev–Trinajstić information content (AvgIpc) is 3.59. The molecule has 0 radical (unpaired) electrons. The fraction of sp³-hybridized carbons (Fsp3) is 0.282. The van der Waals surface area contributed by atoms with Crippen molar-refractivity contribution >= 4 is 19.1 Å². The molecule has 0 nitrogen and oxygen atoms in total. The molecule has 41 heavy (non-hydrogen) atoms. The van der Waals surface area contributed by atoms with Crippen LogP contribution in [0.5, 0.6) is 0 Å². The zero-order chi connectivity index (χ0) is 29.2. The SMILES string of the molecule is CCC[CH2][Hf]([CH3])([CH3])([CH3])(=[SiH2])([CH]1C=Cc2c(-c3cccc(C)c3)cccc21)[CH]1C=Cc2c(-c3cccc(C)c3)cccc21. The van der Waals surface area contributed by atoms with E-state index >= 15 is 0 Å². The molecule has 0 saturated heterocycles. The summed E-state index contributed by atoms with van der Waals surface area (Å²) in [5, 5.41) is 0. The first-order valence-corrected chi connectivity index (χ1v) is 41.4. The molecule has 6 rings (SSSR count). The second-order valence-electron chi connectivity index (χ2n) is 16.7. The van der Waals surface area contributed by atoms with Gasteiger partial charge in [0.15, 0.2) is 0 Å². The number of unbranched alkanes of at least 4 members (excludes halogenated alkanes) is 1. The molecule has 0 aromatic heterocycles. The van der Waals surface area contributed by atoms with E-state index in [0.717, 1.165) is 0 Å². The van der Waals surface area contributed by atoms with E-state index in [1.165, 1.54) is 61.5 Å². The van der Waals surface area contributed by atoms with E-state index in [1.54, 1.807) is 11.1 Å². The molecular formula is C39H46HfSi. The summed E-state index contributed by atoms with van der Waals surface area (Å²) in [7, 11) is 0. The van der Waals surface area contributed by atoms with Gasteiger partial charge >= 0.3 is 245 Å². The van der Waals surface area contributed by atoms with Crippen molar-refractivity contribution < 1.29 is 14.2 Å². The van der Waals surface area contributed by atoms with Crippen molar-refractivity contribution in [3.63, 3.8) is 0 Å². The molecule has 0 saturated carbocycles. The van der Waals surface area contributed by atoms with Crippen LogP contribution in [0.15, 0.2) is 97.1 Å². The Balaban J connectivity index is 1.58. The topological polar surface area (TPSA) is 0 Å². The Morgan fingerprint density at radius 3 is 1.49 bits per heavy atom. The first kappa shape index (κ1) is 28.6. The predicted molar refractivity (Wildman–Crippen MR) is 183 cm³/mol. The van der Waals surface area contributed by atoms with E-state index in [0.29, 0.717) is 7.35 Å². The van der Waals surface area contributed by atoms with Crippen molar-refractivity contribution in [3.05, 3.63) is 130 Å². The summed E-state index contributed by atoms with van der Waals surface area (Å²) in [6.07, 6.45) is 12.7. The van der Waals surface area contributed by atoms with Crippen LogP contribution in [0.3, 0.4) is 0 Å². The Morgan fingerprint density at radius 2 is 1.07 bits per heavy atom. The Morgan fingerprint density at radius 1 is 0.634 bits per heavy atom. The molecule has 4 aromatic carbocycles. The standard InChI is InChI=1S/2C16H13.C4H9.3CH3.Hf.H2Si/c2*1-12-5-2-8-14(11-12)16-10-4-7-13-6-3-9-15(13)16;1-3-4-2;;;;;/h2*2-11H,1H3;1,3-4H2,2H3;3*1H3;;1H2. The van der Waals surface area contributed by atoms with E-state index in [4.69, 9.17) is 0 Å². The van der Waals surface area contributed by atoms with Gasteiger partial charge in [0.25, 0.3) is 0 Å². The number of benzene rings is 4. The summed E-state index contributed by atoms with van der Waals surface area (Å²) >= 11 is -4.87. The molecule has 2 aliphatic carbocycles. The van der Waals surface area contributed by atoms with Crippen molar-refractivity contribution in [2.45, 2.75) is 59.2 Å². The second kappa shape index (κ2) is 8.74. The van der Waals surface area contributed by atoms with Crippen LogP contribution in [-0.4, -0.2) is 6.94 Å². The fourth-order valence-corrected chi connectivity index (χ4v) is 48.4. The monoisotopic (exact) mass is 722 g/mol. The van der Waals surface area contributed by atoms with Gasteiger partial charge in [-0.25, -0.2) is 0 Å². The Labute approximate surface area is 243 Å². The summed E-state index contributed by atoms with van der Waals surface area (Å²) < 4.78 is 10.7. The number of hydrogen-bond donors (Lipinski definition) is 0. The van der Waals surface area contributed by atoms with Crippen LogP contribution in [0.25, 0.3) is 34.4 Å². The molecule has 2 unspecified atom stereocenters. The molecule has 0 bridgehead atoms. The van der Waals surface area contributed by atoms with Gasteiger partial charge < -0.3 is 0 Å². The second-order valence-corrected chi connectivity index (χ2v) is 98.5. The average molecular weight is 721 g/mol. The van der Waals surface area contributed by atoms with Crippen molar-refractivity contribution in [2.75, 3.05) is 0 Å². The van der Waals surface area contributed by atoms with Crippen molar-refractivity contribution in [1.82, 2.24) is 0 Å². The van der Waals surface area contributed by atoms with Crippen LogP contribution in [0.2, 0.25) is 18.2 Å². The summed E-state index contributed by atoms with van der Waals surface area (Å²) in [6.45, 7) is 9.25.